The van der Waals surface area contributed by atoms with Crippen molar-refractivity contribution in [1.82, 2.24) is 0 Å². The summed E-state index contributed by atoms with van der Waals surface area (Å²) in [5.74, 6) is 0.929. The maximum atomic E-state index is 12.6. The fourth-order valence-corrected chi connectivity index (χ4v) is 2.37. The standard InChI is InChI=1S/C16H16O3S/c1-18-13-5-4-6-14(19-2)15(13)16(17)11-7-9-12(20-3)10-8-11/h4-10H,1-3H3. The molecular weight excluding hydrogens is 272 g/mol. The van der Waals surface area contributed by atoms with Crippen molar-refractivity contribution in [3.05, 3.63) is 53.6 Å². The SMILES string of the molecule is COc1cccc(OC)c1C(=O)c1ccc(SC)cc1. The highest BCUT2D eigenvalue weighted by Gasteiger charge is 2.19. The molecule has 0 aromatic heterocycles. The van der Waals surface area contributed by atoms with E-state index in [4.69, 9.17) is 9.47 Å². The molecule has 2 aromatic rings. The van der Waals surface area contributed by atoms with Crippen molar-refractivity contribution in [2.75, 3.05) is 20.5 Å². The molecule has 0 fully saturated rings. The second-order valence-electron chi connectivity index (χ2n) is 4.10. The minimum absolute atomic E-state index is 0.105. The normalized spacial score (nSPS) is 10.2. The molecule has 20 heavy (non-hydrogen) atoms. The molecule has 0 saturated heterocycles. The summed E-state index contributed by atoms with van der Waals surface area (Å²) in [7, 11) is 3.09. The number of carbonyl (C=O) groups is 1. The molecule has 0 radical (unpaired) electrons. The molecule has 0 aliphatic heterocycles. The summed E-state index contributed by atoms with van der Waals surface area (Å²) in [5.41, 5.74) is 1.07. The Balaban J connectivity index is 2.46. The van der Waals surface area contributed by atoms with Gasteiger partial charge in [0.25, 0.3) is 0 Å². The van der Waals surface area contributed by atoms with Crippen LogP contribution in [0.3, 0.4) is 0 Å². The summed E-state index contributed by atoms with van der Waals surface area (Å²) in [6.45, 7) is 0. The Kier molecular flexibility index (Phi) is 4.69. The van der Waals surface area contributed by atoms with Crippen LogP contribution in [0.1, 0.15) is 15.9 Å². The first-order valence-corrected chi connectivity index (χ1v) is 7.33. The van der Waals surface area contributed by atoms with Gasteiger partial charge in [-0.15, -0.1) is 11.8 Å². The van der Waals surface area contributed by atoms with Crippen molar-refractivity contribution in [2.24, 2.45) is 0 Å². The van der Waals surface area contributed by atoms with E-state index in [1.165, 1.54) is 0 Å². The van der Waals surface area contributed by atoms with Gasteiger partial charge < -0.3 is 9.47 Å². The molecule has 0 aliphatic rings. The van der Waals surface area contributed by atoms with Gasteiger partial charge in [0.2, 0.25) is 5.78 Å². The molecule has 0 amide bonds. The number of ketones is 1. The maximum absolute atomic E-state index is 12.6. The molecule has 0 spiro atoms. The summed E-state index contributed by atoms with van der Waals surface area (Å²) < 4.78 is 10.5. The van der Waals surface area contributed by atoms with Gasteiger partial charge in [-0.05, 0) is 42.7 Å². The lowest BCUT2D eigenvalue weighted by Gasteiger charge is -2.12. The second-order valence-corrected chi connectivity index (χ2v) is 4.97. The molecule has 0 atom stereocenters. The molecule has 0 unspecified atom stereocenters. The molecule has 3 nitrogen and oxygen atoms in total. The van der Waals surface area contributed by atoms with Crippen LogP contribution < -0.4 is 9.47 Å². The molecule has 0 bridgehead atoms. The minimum atomic E-state index is -0.105. The summed E-state index contributed by atoms with van der Waals surface area (Å²) in [6, 6.07) is 12.8. The van der Waals surface area contributed by atoms with Gasteiger partial charge >= 0.3 is 0 Å². The topological polar surface area (TPSA) is 35.5 Å². The van der Waals surface area contributed by atoms with Crippen molar-refractivity contribution in [2.45, 2.75) is 4.90 Å². The van der Waals surface area contributed by atoms with E-state index in [1.54, 1.807) is 44.2 Å². The monoisotopic (exact) mass is 288 g/mol. The lowest BCUT2D eigenvalue weighted by molar-refractivity contribution is 0.103. The van der Waals surface area contributed by atoms with E-state index in [-0.39, 0.29) is 5.78 Å². The zero-order chi connectivity index (χ0) is 14.5. The Morgan fingerprint density at radius 1 is 0.950 bits per heavy atom. The van der Waals surface area contributed by atoms with Crippen molar-refractivity contribution in [3.63, 3.8) is 0 Å². The van der Waals surface area contributed by atoms with Crippen molar-refractivity contribution in [1.29, 1.82) is 0 Å². The number of methoxy groups -OCH3 is 2. The molecular formula is C16H16O3S. The van der Waals surface area contributed by atoms with Gasteiger partial charge in [-0.25, -0.2) is 0 Å². The predicted molar refractivity (Wildman–Crippen MR) is 81.2 cm³/mol. The van der Waals surface area contributed by atoms with Crippen LogP contribution in [-0.2, 0) is 0 Å². The van der Waals surface area contributed by atoms with E-state index in [9.17, 15) is 4.79 Å². The largest absolute Gasteiger partial charge is 0.496 e. The number of thioether (sulfide) groups is 1. The average Bonchev–Trinajstić information content (AvgIpc) is 2.53. The van der Waals surface area contributed by atoms with Crippen LogP contribution in [-0.4, -0.2) is 26.3 Å². The van der Waals surface area contributed by atoms with E-state index in [1.807, 2.05) is 30.5 Å². The molecule has 2 rings (SSSR count). The first kappa shape index (κ1) is 14.5. The Hall–Kier alpha value is -1.94. The van der Waals surface area contributed by atoms with E-state index in [0.717, 1.165) is 4.90 Å². The van der Waals surface area contributed by atoms with Crippen LogP contribution in [0.2, 0.25) is 0 Å². The summed E-state index contributed by atoms with van der Waals surface area (Å²) in [6.07, 6.45) is 2.00. The highest BCUT2D eigenvalue weighted by atomic mass is 32.2. The van der Waals surface area contributed by atoms with Crippen LogP contribution in [0.15, 0.2) is 47.4 Å². The third-order valence-corrected chi connectivity index (χ3v) is 3.75. The van der Waals surface area contributed by atoms with Gasteiger partial charge in [-0.2, -0.15) is 0 Å². The maximum Gasteiger partial charge on any atom is 0.200 e. The molecule has 2 aromatic carbocycles. The fourth-order valence-electron chi connectivity index (χ4n) is 1.96. The van der Waals surface area contributed by atoms with Gasteiger partial charge in [0.1, 0.15) is 17.1 Å². The zero-order valence-corrected chi connectivity index (χ0v) is 12.5. The lowest BCUT2D eigenvalue weighted by Crippen LogP contribution is -2.06. The quantitative estimate of drug-likeness (QED) is 0.621. The van der Waals surface area contributed by atoms with Crippen molar-refractivity contribution >= 4 is 17.5 Å². The smallest absolute Gasteiger partial charge is 0.200 e. The van der Waals surface area contributed by atoms with E-state index in [0.29, 0.717) is 22.6 Å². The van der Waals surface area contributed by atoms with Gasteiger partial charge in [0.15, 0.2) is 0 Å². The van der Waals surface area contributed by atoms with E-state index < -0.39 is 0 Å². The van der Waals surface area contributed by atoms with Crippen LogP contribution in [0.4, 0.5) is 0 Å². The van der Waals surface area contributed by atoms with Crippen LogP contribution in [0.5, 0.6) is 11.5 Å². The van der Waals surface area contributed by atoms with Gasteiger partial charge in [-0.1, -0.05) is 6.07 Å². The highest BCUT2D eigenvalue weighted by Crippen LogP contribution is 2.30. The molecule has 0 saturated carbocycles. The summed E-state index contributed by atoms with van der Waals surface area (Å²) in [4.78, 5) is 13.8. The lowest BCUT2D eigenvalue weighted by atomic mass is 10.0. The van der Waals surface area contributed by atoms with Crippen molar-refractivity contribution < 1.29 is 14.3 Å². The van der Waals surface area contributed by atoms with Crippen LogP contribution >= 0.6 is 11.8 Å². The van der Waals surface area contributed by atoms with E-state index in [2.05, 4.69) is 0 Å². The Bertz CT molecular complexity index is 583. The minimum Gasteiger partial charge on any atom is -0.496 e. The van der Waals surface area contributed by atoms with E-state index >= 15 is 0 Å². The highest BCUT2D eigenvalue weighted by molar-refractivity contribution is 7.98. The molecule has 4 heteroatoms. The Labute approximate surface area is 122 Å². The third-order valence-electron chi connectivity index (χ3n) is 3.01. The molecule has 0 N–H and O–H groups in total. The van der Waals surface area contributed by atoms with Gasteiger partial charge in [0.05, 0.1) is 14.2 Å². The Morgan fingerprint density at radius 2 is 1.50 bits per heavy atom. The zero-order valence-electron chi connectivity index (χ0n) is 11.7. The van der Waals surface area contributed by atoms with Gasteiger partial charge in [-0.3, -0.25) is 4.79 Å². The first-order valence-electron chi connectivity index (χ1n) is 6.11. The number of rotatable bonds is 5. The fraction of sp³-hybridized carbons (Fsp3) is 0.188. The summed E-state index contributed by atoms with van der Waals surface area (Å²) in [5, 5.41) is 0. The molecule has 0 aliphatic carbocycles. The predicted octanol–water partition coefficient (Wildman–Crippen LogP) is 3.66. The number of hydrogen-bond donors (Lipinski definition) is 0. The first-order chi connectivity index (χ1) is 9.71. The number of hydrogen-bond acceptors (Lipinski definition) is 4. The molecule has 104 valence electrons. The van der Waals surface area contributed by atoms with Crippen LogP contribution in [0.25, 0.3) is 0 Å². The number of benzene rings is 2. The average molecular weight is 288 g/mol. The third kappa shape index (κ3) is 2.80. The van der Waals surface area contributed by atoms with Crippen molar-refractivity contribution in [3.8, 4) is 11.5 Å². The van der Waals surface area contributed by atoms with Crippen LogP contribution in [0, 0.1) is 0 Å². The second kappa shape index (κ2) is 6.48. The summed E-state index contributed by atoms with van der Waals surface area (Å²) >= 11 is 1.64. The Morgan fingerprint density at radius 3 is 1.95 bits per heavy atom. The molecule has 0 heterocycles. The number of carbonyl (C=O) groups excluding carboxylic acids is 1. The van der Waals surface area contributed by atoms with Gasteiger partial charge in [0, 0.05) is 10.5 Å². The number of ether oxygens (including phenoxy) is 2.